The summed E-state index contributed by atoms with van der Waals surface area (Å²) < 4.78 is 5.33. The number of thioether (sulfide) groups is 1. The summed E-state index contributed by atoms with van der Waals surface area (Å²) >= 11 is 2.14. The molecule has 0 aromatic heterocycles. The summed E-state index contributed by atoms with van der Waals surface area (Å²) in [7, 11) is 0. The molecule has 2 aliphatic heterocycles. The van der Waals surface area contributed by atoms with Gasteiger partial charge in [-0.2, -0.15) is 11.8 Å². The Morgan fingerprint density at radius 1 is 1.31 bits per heavy atom. The highest BCUT2D eigenvalue weighted by atomic mass is 32.2. The summed E-state index contributed by atoms with van der Waals surface area (Å²) in [5, 5.41) is 4.48. The standard InChI is InChI=1S/C12H24N2OS/c1-3-12(16-10-1)11-13-4-2-5-14-6-8-15-9-7-14/h12-13H,1-11H2. The third kappa shape index (κ3) is 4.62. The molecule has 0 saturated carbocycles. The molecule has 1 unspecified atom stereocenters. The summed E-state index contributed by atoms with van der Waals surface area (Å²) in [6.07, 6.45) is 4.11. The largest absolute Gasteiger partial charge is 0.379 e. The van der Waals surface area contributed by atoms with Crippen LogP contribution in [0.15, 0.2) is 0 Å². The van der Waals surface area contributed by atoms with Gasteiger partial charge in [-0.15, -0.1) is 0 Å². The Labute approximate surface area is 103 Å². The number of nitrogens with zero attached hydrogens (tertiary/aromatic N) is 1. The lowest BCUT2D eigenvalue weighted by molar-refractivity contribution is 0.0375. The molecule has 1 N–H and O–H groups in total. The van der Waals surface area contributed by atoms with E-state index in [0.717, 1.165) is 31.6 Å². The van der Waals surface area contributed by atoms with Crippen molar-refractivity contribution in [1.29, 1.82) is 0 Å². The highest BCUT2D eigenvalue weighted by molar-refractivity contribution is 8.00. The van der Waals surface area contributed by atoms with Crippen LogP contribution in [0.2, 0.25) is 0 Å². The number of hydrogen-bond donors (Lipinski definition) is 1. The van der Waals surface area contributed by atoms with Crippen LogP contribution in [0.25, 0.3) is 0 Å². The Bertz CT molecular complexity index is 180. The zero-order chi connectivity index (χ0) is 11.1. The summed E-state index contributed by atoms with van der Waals surface area (Å²) in [5.41, 5.74) is 0. The van der Waals surface area contributed by atoms with E-state index in [0.29, 0.717) is 0 Å². The van der Waals surface area contributed by atoms with Crippen LogP contribution >= 0.6 is 11.8 Å². The molecular weight excluding hydrogens is 220 g/mol. The van der Waals surface area contributed by atoms with E-state index < -0.39 is 0 Å². The van der Waals surface area contributed by atoms with Crippen LogP contribution < -0.4 is 5.32 Å². The molecule has 2 fully saturated rings. The van der Waals surface area contributed by atoms with Gasteiger partial charge in [-0.1, -0.05) is 0 Å². The first-order valence-corrected chi connectivity index (χ1v) is 7.62. The van der Waals surface area contributed by atoms with Crippen molar-refractivity contribution in [3.8, 4) is 0 Å². The molecule has 0 aromatic carbocycles. The zero-order valence-electron chi connectivity index (χ0n) is 10.1. The lowest BCUT2D eigenvalue weighted by atomic mass is 10.2. The van der Waals surface area contributed by atoms with Crippen molar-refractivity contribution >= 4 is 11.8 Å². The molecule has 0 aliphatic carbocycles. The number of ether oxygens (including phenoxy) is 1. The van der Waals surface area contributed by atoms with Gasteiger partial charge in [0, 0.05) is 24.9 Å². The highest BCUT2D eigenvalue weighted by Gasteiger charge is 2.14. The van der Waals surface area contributed by atoms with Gasteiger partial charge in [0.1, 0.15) is 0 Å². The second-order valence-electron chi connectivity index (χ2n) is 4.65. The average Bonchev–Trinajstić information content (AvgIpc) is 2.83. The van der Waals surface area contributed by atoms with Crippen LogP contribution in [0.1, 0.15) is 19.3 Å². The predicted octanol–water partition coefficient (Wildman–Crippen LogP) is 1.19. The first-order valence-electron chi connectivity index (χ1n) is 6.57. The number of nitrogens with one attached hydrogen (secondary N) is 1. The van der Waals surface area contributed by atoms with E-state index in [1.54, 1.807) is 0 Å². The van der Waals surface area contributed by atoms with E-state index in [1.165, 1.54) is 44.6 Å². The van der Waals surface area contributed by atoms with Gasteiger partial charge in [0.05, 0.1) is 13.2 Å². The predicted molar refractivity (Wildman–Crippen MR) is 70.2 cm³/mol. The van der Waals surface area contributed by atoms with E-state index >= 15 is 0 Å². The maximum Gasteiger partial charge on any atom is 0.0594 e. The molecule has 2 saturated heterocycles. The van der Waals surface area contributed by atoms with Gasteiger partial charge in [0.2, 0.25) is 0 Å². The van der Waals surface area contributed by atoms with E-state index in [4.69, 9.17) is 4.74 Å². The van der Waals surface area contributed by atoms with Crippen molar-refractivity contribution in [1.82, 2.24) is 10.2 Å². The molecular formula is C12H24N2OS. The Hall–Kier alpha value is 0.230. The molecule has 0 amide bonds. The van der Waals surface area contributed by atoms with Crippen LogP contribution in [-0.2, 0) is 4.74 Å². The number of rotatable bonds is 6. The molecule has 0 aromatic rings. The Balaban J connectivity index is 1.42. The van der Waals surface area contributed by atoms with E-state index in [-0.39, 0.29) is 0 Å². The quantitative estimate of drug-likeness (QED) is 0.710. The second kappa shape index (κ2) is 7.54. The van der Waals surface area contributed by atoms with E-state index in [2.05, 4.69) is 22.0 Å². The summed E-state index contributed by atoms with van der Waals surface area (Å²) in [5.74, 6) is 1.38. The molecule has 16 heavy (non-hydrogen) atoms. The normalized spacial score (nSPS) is 27.4. The van der Waals surface area contributed by atoms with Crippen molar-refractivity contribution in [2.45, 2.75) is 24.5 Å². The summed E-state index contributed by atoms with van der Waals surface area (Å²) in [6.45, 7) is 7.71. The minimum absolute atomic E-state index is 0.892. The fraction of sp³-hybridized carbons (Fsp3) is 1.00. The van der Waals surface area contributed by atoms with E-state index in [9.17, 15) is 0 Å². The maximum absolute atomic E-state index is 5.33. The Morgan fingerprint density at radius 2 is 2.19 bits per heavy atom. The van der Waals surface area contributed by atoms with Gasteiger partial charge >= 0.3 is 0 Å². The maximum atomic E-state index is 5.33. The second-order valence-corrected chi connectivity index (χ2v) is 6.05. The summed E-state index contributed by atoms with van der Waals surface area (Å²) in [6, 6.07) is 0. The molecule has 0 radical (unpaired) electrons. The van der Waals surface area contributed by atoms with Crippen molar-refractivity contribution in [3.63, 3.8) is 0 Å². The molecule has 2 aliphatic rings. The molecule has 2 heterocycles. The van der Waals surface area contributed by atoms with Gasteiger partial charge < -0.3 is 10.1 Å². The molecule has 2 rings (SSSR count). The zero-order valence-corrected chi connectivity index (χ0v) is 10.9. The highest BCUT2D eigenvalue weighted by Crippen LogP contribution is 2.25. The molecule has 0 bridgehead atoms. The SMILES string of the molecule is C1CSC(CNCCCN2CCOCC2)C1. The Kier molecular flexibility index (Phi) is 5.97. The van der Waals surface area contributed by atoms with Gasteiger partial charge in [-0.25, -0.2) is 0 Å². The lowest BCUT2D eigenvalue weighted by Gasteiger charge is -2.26. The first kappa shape index (κ1) is 12.7. The van der Waals surface area contributed by atoms with Crippen LogP contribution in [0, 0.1) is 0 Å². The minimum Gasteiger partial charge on any atom is -0.379 e. The van der Waals surface area contributed by atoms with Gasteiger partial charge in [-0.05, 0) is 38.1 Å². The monoisotopic (exact) mass is 244 g/mol. The van der Waals surface area contributed by atoms with Crippen molar-refractivity contribution in [3.05, 3.63) is 0 Å². The van der Waals surface area contributed by atoms with Gasteiger partial charge in [0.15, 0.2) is 0 Å². The summed E-state index contributed by atoms with van der Waals surface area (Å²) in [4.78, 5) is 2.51. The Morgan fingerprint density at radius 3 is 2.94 bits per heavy atom. The third-order valence-corrected chi connectivity index (χ3v) is 4.73. The molecule has 0 spiro atoms. The van der Waals surface area contributed by atoms with Crippen molar-refractivity contribution < 1.29 is 4.74 Å². The lowest BCUT2D eigenvalue weighted by Crippen LogP contribution is -2.38. The first-order chi connectivity index (χ1) is 7.95. The van der Waals surface area contributed by atoms with Crippen LogP contribution in [-0.4, -0.2) is 61.8 Å². The van der Waals surface area contributed by atoms with Crippen molar-refractivity contribution in [2.75, 3.05) is 51.7 Å². The smallest absolute Gasteiger partial charge is 0.0594 e. The molecule has 1 atom stereocenters. The third-order valence-electron chi connectivity index (χ3n) is 3.33. The minimum atomic E-state index is 0.892. The molecule has 94 valence electrons. The fourth-order valence-corrected chi connectivity index (χ4v) is 3.56. The topological polar surface area (TPSA) is 24.5 Å². The van der Waals surface area contributed by atoms with Gasteiger partial charge in [0.25, 0.3) is 0 Å². The van der Waals surface area contributed by atoms with Gasteiger partial charge in [-0.3, -0.25) is 4.90 Å². The molecule has 4 heteroatoms. The molecule has 3 nitrogen and oxygen atoms in total. The van der Waals surface area contributed by atoms with Crippen LogP contribution in [0.4, 0.5) is 0 Å². The average molecular weight is 244 g/mol. The van der Waals surface area contributed by atoms with E-state index in [1.807, 2.05) is 0 Å². The fourth-order valence-electron chi connectivity index (χ4n) is 2.32. The number of hydrogen-bond acceptors (Lipinski definition) is 4. The van der Waals surface area contributed by atoms with Crippen molar-refractivity contribution in [2.24, 2.45) is 0 Å². The van der Waals surface area contributed by atoms with Crippen LogP contribution in [0.5, 0.6) is 0 Å². The number of morpholine rings is 1. The van der Waals surface area contributed by atoms with Crippen LogP contribution in [0.3, 0.4) is 0 Å².